The van der Waals surface area contributed by atoms with Crippen molar-refractivity contribution in [2.75, 3.05) is 40.4 Å². The molecule has 1 saturated heterocycles. The van der Waals surface area contributed by atoms with Crippen LogP contribution in [-0.2, 0) is 17.8 Å². The summed E-state index contributed by atoms with van der Waals surface area (Å²) < 4.78 is 37.5. The number of nitrogens with zero attached hydrogens (tertiary/aromatic N) is 1. The van der Waals surface area contributed by atoms with Crippen LogP contribution in [0, 0.1) is 11.6 Å². The van der Waals surface area contributed by atoms with Crippen molar-refractivity contribution in [3.05, 3.63) is 59.2 Å². The van der Waals surface area contributed by atoms with Crippen LogP contribution >= 0.6 is 0 Å². The van der Waals surface area contributed by atoms with E-state index < -0.39 is 5.82 Å². The summed E-state index contributed by atoms with van der Waals surface area (Å²) in [6.07, 6.45) is 0.167. The first-order valence-electron chi connectivity index (χ1n) is 9.26. The zero-order valence-corrected chi connectivity index (χ0v) is 16.1. The fraction of sp³-hybridized carbons (Fsp3) is 0.381. The van der Waals surface area contributed by atoms with Crippen molar-refractivity contribution in [1.29, 1.82) is 0 Å². The summed E-state index contributed by atoms with van der Waals surface area (Å²) in [5, 5.41) is 0. The summed E-state index contributed by atoms with van der Waals surface area (Å²) in [7, 11) is 2.85. The van der Waals surface area contributed by atoms with E-state index in [0.717, 1.165) is 18.7 Å². The fourth-order valence-electron chi connectivity index (χ4n) is 3.46. The Balaban J connectivity index is 1.51. The van der Waals surface area contributed by atoms with Gasteiger partial charge in [0.2, 0.25) is 5.91 Å². The van der Waals surface area contributed by atoms with Crippen molar-refractivity contribution >= 4 is 5.91 Å². The Labute approximate surface area is 163 Å². The molecule has 0 radical (unpaired) electrons. The molecule has 0 spiro atoms. The van der Waals surface area contributed by atoms with Crippen LogP contribution < -0.4 is 14.4 Å². The van der Waals surface area contributed by atoms with Gasteiger partial charge in [0.25, 0.3) is 0 Å². The topological polar surface area (TPSA) is 43.2 Å². The average Bonchev–Trinajstić information content (AvgIpc) is 2.69. The lowest BCUT2D eigenvalue weighted by Crippen LogP contribution is -3.13. The first-order valence-corrected chi connectivity index (χ1v) is 9.26. The highest BCUT2D eigenvalue weighted by molar-refractivity contribution is 5.78. The monoisotopic (exact) mass is 391 g/mol. The van der Waals surface area contributed by atoms with Gasteiger partial charge in [0.15, 0.2) is 23.1 Å². The number of hydrogen-bond acceptors (Lipinski definition) is 3. The second kappa shape index (κ2) is 9.01. The molecule has 0 bridgehead atoms. The van der Waals surface area contributed by atoms with E-state index in [4.69, 9.17) is 9.47 Å². The molecule has 1 heterocycles. The van der Waals surface area contributed by atoms with Crippen molar-refractivity contribution in [2.45, 2.75) is 13.0 Å². The lowest BCUT2D eigenvalue weighted by atomic mass is 10.1. The minimum absolute atomic E-state index is 0.0147. The SMILES string of the molecule is COc1ccc(CC(=O)N2CC[NH+](Cc3ccc(OC)c(F)c3)CC2)cc1F. The van der Waals surface area contributed by atoms with Crippen LogP contribution in [0.2, 0.25) is 0 Å². The second-order valence-electron chi connectivity index (χ2n) is 6.92. The van der Waals surface area contributed by atoms with Gasteiger partial charge in [-0.2, -0.15) is 0 Å². The van der Waals surface area contributed by atoms with Gasteiger partial charge in [0.05, 0.1) is 46.8 Å². The predicted molar refractivity (Wildman–Crippen MR) is 101 cm³/mol. The highest BCUT2D eigenvalue weighted by Crippen LogP contribution is 2.19. The Morgan fingerprint density at radius 3 is 2.04 bits per heavy atom. The van der Waals surface area contributed by atoms with E-state index >= 15 is 0 Å². The van der Waals surface area contributed by atoms with Crippen molar-refractivity contribution < 1.29 is 27.9 Å². The van der Waals surface area contributed by atoms with Crippen LogP contribution in [0.5, 0.6) is 11.5 Å². The molecule has 2 aromatic carbocycles. The second-order valence-corrected chi connectivity index (χ2v) is 6.92. The number of quaternary nitrogens is 1. The maximum atomic E-state index is 13.8. The fourth-order valence-corrected chi connectivity index (χ4v) is 3.46. The molecule has 1 aliphatic heterocycles. The third-order valence-corrected chi connectivity index (χ3v) is 5.07. The molecule has 1 aliphatic rings. The van der Waals surface area contributed by atoms with Gasteiger partial charge in [-0.3, -0.25) is 4.79 Å². The standard InChI is InChI=1S/C21H24F2N2O3/c1-27-19-5-3-15(11-17(19)22)13-21(26)25-9-7-24(8-10-25)14-16-4-6-20(28-2)18(23)12-16/h3-6,11-12H,7-10,13-14H2,1-2H3/p+1. The molecule has 1 fully saturated rings. The number of rotatable bonds is 6. The number of nitrogens with one attached hydrogen (secondary N) is 1. The molecule has 3 rings (SSSR count). The van der Waals surface area contributed by atoms with E-state index in [-0.39, 0.29) is 29.6 Å². The number of piperazine rings is 1. The van der Waals surface area contributed by atoms with Crippen LogP contribution in [0.25, 0.3) is 0 Å². The minimum atomic E-state index is -0.464. The van der Waals surface area contributed by atoms with Crippen molar-refractivity contribution in [2.24, 2.45) is 0 Å². The summed E-state index contributed by atoms with van der Waals surface area (Å²) in [6.45, 7) is 3.54. The zero-order valence-electron chi connectivity index (χ0n) is 16.1. The van der Waals surface area contributed by atoms with E-state index in [1.54, 1.807) is 17.0 Å². The summed E-state index contributed by atoms with van der Waals surface area (Å²) in [6, 6.07) is 9.59. The van der Waals surface area contributed by atoms with E-state index in [9.17, 15) is 13.6 Å². The van der Waals surface area contributed by atoms with Gasteiger partial charge >= 0.3 is 0 Å². The van der Waals surface area contributed by atoms with Gasteiger partial charge in [0.1, 0.15) is 6.54 Å². The van der Waals surface area contributed by atoms with Crippen molar-refractivity contribution in [3.8, 4) is 11.5 Å². The Morgan fingerprint density at radius 1 is 0.964 bits per heavy atom. The van der Waals surface area contributed by atoms with E-state index in [0.29, 0.717) is 25.2 Å². The Kier molecular flexibility index (Phi) is 6.46. The molecule has 7 heteroatoms. The highest BCUT2D eigenvalue weighted by atomic mass is 19.1. The smallest absolute Gasteiger partial charge is 0.227 e. The van der Waals surface area contributed by atoms with Gasteiger partial charge in [-0.1, -0.05) is 6.07 Å². The lowest BCUT2D eigenvalue weighted by Gasteiger charge is -2.32. The molecule has 150 valence electrons. The first kappa shape index (κ1) is 20.1. The lowest BCUT2D eigenvalue weighted by molar-refractivity contribution is -0.917. The number of hydrogen-bond donors (Lipinski definition) is 1. The van der Waals surface area contributed by atoms with Gasteiger partial charge in [-0.05, 0) is 35.9 Å². The van der Waals surface area contributed by atoms with Crippen LogP contribution in [0.15, 0.2) is 36.4 Å². The number of benzene rings is 2. The van der Waals surface area contributed by atoms with E-state index in [2.05, 4.69) is 0 Å². The molecule has 0 aliphatic carbocycles. The number of amides is 1. The molecule has 0 atom stereocenters. The third kappa shape index (κ3) is 4.78. The number of methoxy groups -OCH3 is 2. The average molecular weight is 391 g/mol. The normalized spacial score (nSPS) is 14.8. The summed E-state index contributed by atoms with van der Waals surface area (Å²) in [5.41, 5.74) is 1.54. The number of halogens is 2. The molecular formula is C21H25F2N2O3+. The van der Waals surface area contributed by atoms with Gasteiger partial charge < -0.3 is 19.3 Å². The van der Waals surface area contributed by atoms with E-state index in [1.165, 1.54) is 37.3 Å². The van der Waals surface area contributed by atoms with Gasteiger partial charge in [-0.15, -0.1) is 0 Å². The first-order chi connectivity index (χ1) is 13.5. The Bertz CT molecular complexity index is 836. The van der Waals surface area contributed by atoms with Gasteiger partial charge in [0, 0.05) is 5.56 Å². The third-order valence-electron chi connectivity index (χ3n) is 5.07. The molecule has 1 N–H and O–H groups in total. The summed E-state index contributed by atoms with van der Waals surface area (Å²) in [5.74, 6) is -0.430. The molecule has 1 amide bonds. The molecule has 2 aromatic rings. The number of carbonyl (C=O) groups is 1. The predicted octanol–water partition coefficient (Wildman–Crippen LogP) is 1.45. The van der Waals surface area contributed by atoms with Crippen LogP contribution in [0.1, 0.15) is 11.1 Å². The van der Waals surface area contributed by atoms with Crippen molar-refractivity contribution in [3.63, 3.8) is 0 Å². The highest BCUT2D eigenvalue weighted by Gasteiger charge is 2.24. The zero-order chi connectivity index (χ0) is 20.1. The number of ether oxygens (including phenoxy) is 2. The van der Waals surface area contributed by atoms with E-state index in [1.807, 2.05) is 6.07 Å². The minimum Gasteiger partial charge on any atom is -0.494 e. The maximum absolute atomic E-state index is 13.8. The molecule has 0 saturated carbocycles. The Hall–Kier alpha value is -2.67. The van der Waals surface area contributed by atoms with Crippen LogP contribution in [-0.4, -0.2) is 51.2 Å². The molecule has 0 aromatic heterocycles. The molecule has 5 nitrogen and oxygen atoms in total. The molecule has 28 heavy (non-hydrogen) atoms. The quantitative estimate of drug-likeness (QED) is 0.811. The van der Waals surface area contributed by atoms with Crippen LogP contribution in [0.3, 0.4) is 0 Å². The molecule has 0 unspecified atom stereocenters. The van der Waals surface area contributed by atoms with Crippen molar-refractivity contribution in [1.82, 2.24) is 4.90 Å². The summed E-state index contributed by atoms with van der Waals surface area (Å²) >= 11 is 0. The maximum Gasteiger partial charge on any atom is 0.227 e. The Morgan fingerprint density at radius 2 is 1.50 bits per heavy atom. The summed E-state index contributed by atoms with van der Waals surface area (Å²) in [4.78, 5) is 15.6. The largest absolute Gasteiger partial charge is 0.494 e. The van der Waals surface area contributed by atoms with Crippen LogP contribution in [0.4, 0.5) is 8.78 Å². The van der Waals surface area contributed by atoms with Gasteiger partial charge in [-0.25, -0.2) is 8.78 Å². The molecular weight excluding hydrogens is 366 g/mol. The number of carbonyl (C=O) groups excluding carboxylic acids is 1.